The predicted molar refractivity (Wildman–Crippen MR) is 66.4 cm³/mol. The maximum absolute atomic E-state index is 5.37. The topological polar surface area (TPSA) is 18.5 Å². The number of hydrogen-bond acceptors (Lipinski definition) is 2. The fourth-order valence-electron chi connectivity index (χ4n) is 1.49. The second-order valence-corrected chi connectivity index (χ2v) is 3.64. The van der Waals surface area contributed by atoms with E-state index in [1.807, 2.05) is 19.1 Å². The van der Waals surface area contributed by atoms with Crippen LogP contribution in [0.5, 0.6) is 0 Å². The number of rotatable bonds is 6. The molecule has 88 valence electrons. The normalized spacial score (nSPS) is 15.2. The van der Waals surface area contributed by atoms with Gasteiger partial charge in [0.1, 0.15) is 0 Å². The summed E-state index contributed by atoms with van der Waals surface area (Å²) in [6.45, 7) is 4.77. The van der Waals surface area contributed by atoms with Crippen molar-refractivity contribution >= 4 is 0 Å². The first kappa shape index (κ1) is 12.9. The van der Waals surface area contributed by atoms with Gasteiger partial charge in [-0.15, -0.1) is 0 Å². The molecule has 0 aliphatic rings. The Morgan fingerprint density at radius 2 is 1.88 bits per heavy atom. The molecule has 2 atom stereocenters. The van der Waals surface area contributed by atoms with Gasteiger partial charge in [-0.2, -0.15) is 0 Å². The maximum Gasteiger partial charge on any atom is 0.176 e. The molecule has 2 nitrogen and oxygen atoms in total. The van der Waals surface area contributed by atoms with Gasteiger partial charge in [-0.05, 0) is 24.5 Å². The van der Waals surface area contributed by atoms with E-state index in [9.17, 15) is 0 Å². The summed E-state index contributed by atoms with van der Waals surface area (Å²) in [5.41, 5.74) is 1.30. The van der Waals surface area contributed by atoms with Gasteiger partial charge in [0, 0.05) is 13.7 Å². The number of benzene rings is 1. The lowest BCUT2D eigenvalue weighted by Gasteiger charge is -2.12. The second-order valence-electron chi connectivity index (χ2n) is 3.64. The molecule has 0 aliphatic carbocycles. The van der Waals surface area contributed by atoms with Gasteiger partial charge in [0.15, 0.2) is 6.29 Å². The third-order valence-electron chi connectivity index (χ3n) is 2.45. The summed E-state index contributed by atoms with van der Waals surface area (Å²) in [5, 5.41) is 0. The van der Waals surface area contributed by atoms with E-state index in [-0.39, 0.29) is 6.29 Å². The number of hydrogen-bond donors (Lipinski definition) is 0. The minimum Gasteiger partial charge on any atom is -0.352 e. The lowest BCUT2D eigenvalue weighted by Crippen LogP contribution is -2.11. The first-order valence-electron chi connectivity index (χ1n) is 5.65. The monoisotopic (exact) mass is 220 g/mol. The summed E-state index contributed by atoms with van der Waals surface area (Å²) in [5.74, 6) is 0.374. The third kappa shape index (κ3) is 4.17. The van der Waals surface area contributed by atoms with Crippen LogP contribution < -0.4 is 0 Å². The Morgan fingerprint density at radius 3 is 2.44 bits per heavy atom. The fourth-order valence-corrected chi connectivity index (χ4v) is 1.49. The smallest absolute Gasteiger partial charge is 0.176 e. The van der Waals surface area contributed by atoms with Crippen LogP contribution in [0.2, 0.25) is 0 Å². The van der Waals surface area contributed by atoms with Gasteiger partial charge in [-0.25, -0.2) is 0 Å². The molecule has 0 fully saturated rings. The SMILES string of the molecule is CCOC(C=CC(C)c1ccccc1)OC. The van der Waals surface area contributed by atoms with Gasteiger partial charge in [-0.1, -0.05) is 43.3 Å². The molecule has 0 heterocycles. The zero-order chi connectivity index (χ0) is 11.8. The molecule has 1 aromatic rings. The van der Waals surface area contributed by atoms with Gasteiger partial charge in [-0.3, -0.25) is 0 Å². The van der Waals surface area contributed by atoms with Crippen LogP contribution in [0.4, 0.5) is 0 Å². The average Bonchev–Trinajstić information content (AvgIpc) is 2.35. The molecule has 0 N–H and O–H groups in total. The summed E-state index contributed by atoms with van der Waals surface area (Å²) in [6, 6.07) is 10.4. The number of methoxy groups -OCH3 is 1. The van der Waals surface area contributed by atoms with E-state index in [1.165, 1.54) is 5.56 Å². The van der Waals surface area contributed by atoms with Crippen molar-refractivity contribution < 1.29 is 9.47 Å². The van der Waals surface area contributed by atoms with Crippen molar-refractivity contribution in [2.24, 2.45) is 0 Å². The first-order chi connectivity index (χ1) is 7.77. The summed E-state index contributed by atoms with van der Waals surface area (Å²) in [4.78, 5) is 0. The Bertz CT molecular complexity index is 306. The van der Waals surface area contributed by atoms with Crippen LogP contribution in [0.1, 0.15) is 25.3 Å². The van der Waals surface area contributed by atoms with E-state index < -0.39 is 0 Å². The molecule has 2 unspecified atom stereocenters. The van der Waals surface area contributed by atoms with Gasteiger partial charge in [0.2, 0.25) is 0 Å². The Morgan fingerprint density at radius 1 is 1.19 bits per heavy atom. The Balaban J connectivity index is 2.56. The number of ether oxygens (including phenoxy) is 2. The quantitative estimate of drug-likeness (QED) is 0.540. The molecule has 16 heavy (non-hydrogen) atoms. The molecule has 0 bridgehead atoms. The zero-order valence-electron chi connectivity index (χ0n) is 10.2. The molecular weight excluding hydrogens is 200 g/mol. The Labute approximate surface area is 97.9 Å². The van der Waals surface area contributed by atoms with E-state index in [0.717, 1.165) is 0 Å². The van der Waals surface area contributed by atoms with Gasteiger partial charge < -0.3 is 9.47 Å². The van der Waals surface area contributed by atoms with Crippen LogP contribution >= 0.6 is 0 Å². The molecule has 0 amide bonds. The standard InChI is InChI=1S/C14H20O2/c1-4-16-14(15-3)11-10-12(2)13-8-6-5-7-9-13/h5-12,14H,4H2,1-3H3. The van der Waals surface area contributed by atoms with Crippen LogP contribution in [0.3, 0.4) is 0 Å². The molecule has 1 rings (SSSR count). The third-order valence-corrected chi connectivity index (χ3v) is 2.45. The van der Waals surface area contributed by atoms with E-state index in [0.29, 0.717) is 12.5 Å². The summed E-state index contributed by atoms with van der Waals surface area (Å²) in [7, 11) is 1.65. The Hall–Kier alpha value is -1.12. The number of allylic oxidation sites excluding steroid dienone is 1. The van der Waals surface area contributed by atoms with E-state index in [1.54, 1.807) is 7.11 Å². The fraction of sp³-hybridized carbons (Fsp3) is 0.429. The molecule has 2 heteroatoms. The van der Waals surface area contributed by atoms with E-state index in [4.69, 9.17) is 9.47 Å². The summed E-state index contributed by atoms with van der Waals surface area (Å²) >= 11 is 0. The minimum atomic E-state index is -0.240. The summed E-state index contributed by atoms with van der Waals surface area (Å²) < 4.78 is 10.5. The molecule has 0 spiro atoms. The highest BCUT2D eigenvalue weighted by Gasteiger charge is 2.03. The van der Waals surface area contributed by atoms with Crippen LogP contribution in [-0.2, 0) is 9.47 Å². The van der Waals surface area contributed by atoms with Crippen LogP contribution in [-0.4, -0.2) is 20.0 Å². The minimum absolute atomic E-state index is 0.240. The highest BCUT2D eigenvalue weighted by Crippen LogP contribution is 2.16. The molecule has 0 radical (unpaired) electrons. The highest BCUT2D eigenvalue weighted by molar-refractivity contribution is 5.22. The van der Waals surface area contributed by atoms with Crippen LogP contribution in [0.15, 0.2) is 42.5 Å². The van der Waals surface area contributed by atoms with Crippen LogP contribution in [0.25, 0.3) is 0 Å². The predicted octanol–water partition coefficient (Wildman–Crippen LogP) is 3.36. The molecule has 0 aromatic heterocycles. The van der Waals surface area contributed by atoms with Crippen molar-refractivity contribution in [1.29, 1.82) is 0 Å². The van der Waals surface area contributed by atoms with E-state index >= 15 is 0 Å². The van der Waals surface area contributed by atoms with Crippen molar-refractivity contribution in [3.63, 3.8) is 0 Å². The molecule has 0 saturated heterocycles. The molecule has 1 aromatic carbocycles. The summed E-state index contributed by atoms with van der Waals surface area (Å²) in [6.07, 6.45) is 3.83. The van der Waals surface area contributed by atoms with Gasteiger partial charge in [0.25, 0.3) is 0 Å². The van der Waals surface area contributed by atoms with Crippen molar-refractivity contribution in [2.75, 3.05) is 13.7 Å². The van der Waals surface area contributed by atoms with Crippen molar-refractivity contribution in [3.05, 3.63) is 48.0 Å². The van der Waals surface area contributed by atoms with Crippen LogP contribution in [0, 0.1) is 0 Å². The van der Waals surface area contributed by atoms with Gasteiger partial charge >= 0.3 is 0 Å². The van der Waals surface area contributed by atoms with Gasteiger partial charge in [0.05, 0.1) is 0 Å². The molecule has 0 aliphatic heterocycles. The van der Waals surface area contributed by atoms with Crippen molar-refractivity contribution in [2.45, 2.75) is 26.1 Å². The lowest BCUT2D eigenvalue weighted by atomic mass is 10.0. The van der Waals surface area contributed by atoms with E-state index in [2.05, 4.69) is 37.3 Å². The van der Waals surface area contributed by atoms with Crippen molar-refractivity contribution in [1.82, 2.24) is 0 Å². The Kier molecular flexibility index (Phi) is 5.83. The highest BCUT2D eigenvalue weighted by atomic mass is 16.7. The second kappa shape index (κ2) is 7.20. The zero-order valence-corrected chi connectivity index (χ0v) is 10.2. The maximum atomic E-state index is 5.37. The first-order valence-corrected chi connectivity index (χ1v) is 5.65. The molecular formula is C14H20O2. The lowest BCUT2D eigenvalue weighted by molar-refractivity contribution is -0.0862. The molecule has 0 saturated carbocycles. The average molecular weight is 220 g/mol. The largest absolute Gasteiger partial charge is 0.352 e. The van der Waals surface area contributed by atoms with Crippen molar-refractivity contribution in [3.8, 4) is 0 Å².